The van der Waals surface area contributed by atoms with Crippen molar-refractivity contribution in [2.45, 2.75) is 6.92 Å². The van der Waals surface area contributed by atoms with E-state index in [1.807, 2.05) is 13.0 Å². The van der Waals surface area contributed by atoms with E-state index >= 15 is 0 Å². The molecule has 0 saturated carbocycles. The molecule has 18 heavy (non-hydrogen) atoms. The Bertz CT molecular complexity index is 412. The van der Waals surface area contributed by atoms with Gasteiger partial charge in [0.05, 0.1) is 6.61 Å². The fraction of sp³-hybridized carbons (Fsp3) is 0.462. The van der Waals surface area contributed by atoms with E-state index in [0.29, 0.717) is 30.3 Å². The molecule has 0 aromatic heterocycles. The van der Waals surface area contributed by atoms with Crippen LogP contribution in [0.1, 0.15) is 15.9 Å². The lowest BCUT2D eigenvalue weighted by Gasteiger charge is -2.21. The lowest BCUT2D eigenvalue weighted by Crippen LogP contribution is -2.35. The van der Waals surface area contributed by atoms with Crippen molar-refractivity contribution in [3.63, 3.8) is 0 Å². The molecule has 3 nitrogen and oxygen atoms in total. The molecule has 0 radical (unpaired) electrons. The van der Waals surface area contributed by atoms with Gasteiger partial charge in [0.1, 0.15) is 0 Å². The normalized spacial score (nSPS) is 10.4. The van der Waals surface area contributed by atoms with E-state index < -0.39 is 0 Å². The lowest BCUT2D eigenvalue weighted by atomic mass is 10.1. The zero-order chi connectivity index (χ0) is 13.5. The van der Waals surface area contributed by atoms with E-state index in [9.17, 15) is 4.79 Å². The van der Waals surface area contributed by atoms with E-state index in [4.69, 9.17) is 16.3 Å². The van der Waals surface area contributed by atoms with Crippen molar-refractivity contribution in [1.82, 2.24) is 4.90 Å². The summed E-state index contributed by atoms with van der Waals surface area (Å²) in [6.07, 6.45) is 0. The predicted molar refractivity (Wildman–Crippen MR) is 77.8 cm³/mol. The van der Waals surface area contributed by atoms with Gasteiger partial charge >= 0.3 is 0 Å². The van der Waals surface area contributed by atoms with Gasteiger partial charge < -0.3 is 9.64 Å². The molecule has 1 rings (SSSR count). The number of carbonyl (C=O) groups is 1. The maximum Gasteiger partial charge on any atom is 0.254 e. The second-order valence-electron chi connectivity index (χ2n) is 3.94. The molecule has 1 aromatic rings. The highest BCUT2D eigenvalue weighted by Crippen LogP contribution is 2.18. The summed E-state index contributed by atoms with van der Waals surface area (Å²) in [6, 6.07) is 5.38. The van der Waals surface area contributed by atoms with Gasteiger partial charge in [-0.25, -0.2) is 0 Å². The van der Waals surface area contributed by atoms with Gasteiger partial charge in [-0.1, -0.05) is 33.6 Å². The van der Waals surface area contributed by atoms with Crippen molar-refractivity contribution in [3.8, 4) is 0 Å². The number of hydrogen-bond acceptors (Lipinski definition) is 2. The number of halogens is 2. The number of aryl methyl sites for hydroxylation is 1. The van der Waals surface area contributed by atoms with Crippen LogP contribution in [0.3, 0.4) is 0 Å². The van der Waals surface area contributed by atoms with Crippen LogP contribution in [-0.4, -0.2) is 42.9 Å². The van der Waals surface area contributed by atoms with E-state index in [-0.39, 0.29) is 5.91 Å². The topological polar surface area (TPSA) is 29.5 Å². The van der Waals surface area contributed by atoms with Gasteiger partial charge in [-0.05, 0) is 24.6 Å². The number of ether oxygens (including phenoxy) is 1. The van der Waals surface area contributed by atoms with Crippen molar-refractivity contribution < 1.29 is 9.53 Å². The molecule has 0 saturated heterocycles. The molecule has 0 N–H and O–H groups in total. The van der Waals surface area contributed by atoms with Crippen LogP contribution < -0.4 is 0 Å². The second kappa shape index (κ2) is 7.77. The summed E-state index contributed by atoms with van der Waals surface area (Å²) in [4.78, 5) is 14.0. The minimum absolute atomic E-state index is 0.0200. The molecule has 0 spiro atoms. The van der Waals surface area contributed by atoms with Gasteiger partial charge in [-0.2, -0.15) is 0 Å². The number of nitrogens with zero attached hydrogens (tertiary/aromatic N) is 1. The molecule has 0 aliphatic heterocycles. The molecule has 0 heterocycles. The smallest absolute Gasteiger partial charge is 0.254 e. The lowest BCUT2D eigenvalue weighted by molar-refractivity contribution is 0.0709. The average Bonchev–Trinajstić information content (AvgIpc) is 2.37. The van der Waals surface area contributed by atoms with Crippen LogP contribution in [0.5, 0.6) is 0 Å². The Balaban J connectivity index is 2.83. The van der Waals surface area contributed by atoms with Crippen LogP contribution in [0, 0.1) is 6.92 Å². The number of benzene rings is 1. The van der Waals surface area contributed by atoms with Crippen molar-refractivity contribution in [2.75, 3.05) is 32.1 Å². The van der Waals surface area contributed by atoms with Crippen LogP contribution in [0.15, 0.2) is 18.2 Å². The molecule has 100 valence electrons. The number of alkyl halides is 1. The summed E-state index contributed by atoms with van der Waals surface area (Å²) in [6.45, 7) is 3.66. The molecule has 5 heteroatoms. The van der Waals surface area contributed by atoms with Crippen LogP contribution in [-0.2, 0) is 4.74 Å². The third-order valence-electron chi connectivity index (χ3n) is 2.63. The fourth-order valence-corrected chi connectivity index (χ4v) is 2.14. The highest BCUT2D eigenvalue weighted by Gasteiger charge is 2.15. The summed E-state index contributed by atoms with van der Waals surface area (Å²) in [7, 11) is 1.62. The van der Waals surface area contributed by atoms with E-state index in [1.165, 1.54) is 0 Å². The number of hydrogen-bond donors (Lipinski definition) is 0. The maximum absolute atomic E-state index is 12.3. The van der Waals surface area contributed by atoms with Gasteiger partial charge in [0.2, 0.25) is 0 Å². The first-order chi connectivity index (χ1) is 8.60. The van der Waals surface area contributed by atoms with Gasteiger partial charge in [-0.15, -0.1) is 0 Å². The first kappa shape index (κ1) is 15.5. The van der Waals surface area contributed by atoms with E-state index in [0.717, 1.165) is 10.9 Å². The Labute approximate surface area is 121 Å². The highest BCUT2D eigenvalue weighted by atomic mass is 79.9. The average molecular weight is 335 g/mol. The number of carbonyl (C=O) groups excluding carboxylic acids is 1. The van der Waals surface area contributed by atoms with Crippen LogP contribution in [0.4, 0.5) is 0 Å². The molecule has 0 atom stereocenters. The zero-order valence-corrected chi connectivity index (χ0v) is 12.9. The number of methoxy groups -OCH3 is 1. The van der Waals surface area contributed by atoms with Crippen LogP contribution in [0.25, 0.3) is 0 Å². The van der Waals surface area contributed by atoms with Crippen molar-refractivity contribution in [1.29, 1.82) is 0 Å². The first-order valence-electron chi connectivity index (χ1n) is 5.70. The van der Waals surface area contributed by atoms with Gasteiger partial charge in [0, 0.05) is 36.1 Å². The standard InChI is InChI=1S/C13H17BrClNO2/c1-10-3-4-11(9-12(10)15)13(17)16(6-5-14)7-8-18-2/h3-4,9H,5-8H2,1-2H3. The number of rotatable bonds is 6. The zero-order valence-electron chi connectivity index (χ0n) is 10.6. The molecule has 0 fully saturated rings. The molecule has 0 aliphatic carbocycles. The van der Waals surface area contributed by atoms with Crippen molar-refractivity contribution >= 4 is 33.4 Å². The summed E-state index contributed by atoms with van der Waals surface area (Å²) in [5.41, 5.74) is 1.58. The minimum atomic E-state index is -0.0200. The van der Waals surface area contributed by atoms with Gasteiger partial charge in [0.25, 0.3) is 5.91 Å². The largest absolute Gasteiger partial charge is 0.383 e. The molecule has 0 unspecified atom stereocenters. The Hall–Kier alpha value is -0.580. The van der Waals surface area contributed by atoms with Crippen molar-refractivity contribution in [2.24, 2.45) is 0 Å². The Morgan fingerprint density at radius 1 is 1.44 bits per heavy atom. The summed E-state index contributed by atoms with van der Waals surface area (Å²) >= 11 is 9.39. The van der Waals surface area contributed by atoms with E-state index in [1.54, 1.807) is 24.1 Å². The fourth-order valence-electron chi connectivity index (χ4n) is 1.53. The minimum Gasteiger partial charge on any atom is -0.383 e. The van der Waals surface area contributed by atoms with E-state index in [2.05, 4.69) is 15.9 Å². The number of amides is 1. The second-order valence-corrected chi connectivity index (χ2v) is 5.14. The molecule has 0 aliphatic rings. The molecule has 1 aromatic carbocycles. The van der Waals surface area contributed by atoms with Gasteiger partial charge in [0.15, 0.2) is 0 Å². The molecule has 1 amide bonds. The Morgan fingerprint density at radius 2 is 2.17 bits per heavy atom. The maximum atomic E-state index is 12.3. The summed E-state index contributed by atoms with van der Waals surface area (Å²) in [5.74, 6) is -0.0200. The highest BCUT2D eigenvalue weighted by molar-refractivity contribution is 9.09. The summed E-state index contributed by atoms with van der Waals surface area (Å²) in [5, 5.41) is 1.36. The van der Waals surface area contributed by atoms with Crippen LogP contribution in [0.2, 0.25) is 5.02 Å². The van der Waals surface area contributed by atoms with Crippen LogP contribution >= 0.6 is 27.5 Å². The van der Waals surface area contributed by atoms with Crippen molar-refractivity contribution in [3.05, 3.63) is 34.3 Å². The van der Waals surface area contributed by atoms with Gasteiger partial charge in [-0.3, -0.25) is 4.79 Å². The third-order valence-corrected chi connectivity index (χ3v) is 3.39. The molecular weight excluding hydrogens is 318 g/mol. The third kappa shape index (κ3) is 4.26. The predicted octanol–water partition coefficient (Wildman–Crippen LogP) is 3.13. The SMILES string of the molecule is COCCN(CCBr)C(=O)c1ccc(C)c(Cl)c1. The summed E-state index contributed by atoms with van der Waals surface area (Å²) < 4.78 is 5.01. The first-order valence-corrected chi connectivity index (χ1v) is 7.20. The Morgan fingerprint density at radius 3 is 2.72 bits per heavy atom. The quantitative estimate of drug-likeness (QED) is 0.748. The Kier molecular flexibility index (Phi) is 6.68. The monoisotopic (exact) mass is 333 g/mol. The molecule has 0 bridgehead atoms. The molecular formula is C13H17BrClNO2.